The molecule has 0 bridgehead atoms. The van der Waals surface area contributed by atoms with Crippen LogP contribution in [0.1, 0.15) is 15.9 Å². The number of esters is 1. The number of phenols is 1. The summed E-state index contributed by atoms with van der Waals surface area (Å²) in [4.78, 5) is 11.8. The largest absolute Gasteiger partial charge is 0.508 e. The lowest BCUT2D eigenvalue weighted by atomic mass is 10.2. The van der Waals surface area contributed by atoms with Gasteiger partial charge in [-0.3, -0.25) is 0 Å². The maximum Gasteiger partial charge on any atom is 0.343 e. The summed E-state index contributed by atoms with van der Waals surface area (Å²) in [6, 6.07) is 13.0. The first-order valence-electron chi connectivity index (χ1n) is 5.49. The van der Waals surface area contributed by atoms with Gasteiger partial charge >= 0.3 is 5.97 Å². The molecule has 4 heteroatoms. The molecule has 0 amide bonds. The van der Waals surface area contributed by atoms with E-state index in [1.54, 1.807) is 36.4 Å². The Kier molecular flexibility index (Phi) is 3.60. The zero-order chi connectivity index (χ0) is 13.0. The number of benzene rings is 2. The summed E-state index contributed by atoms with van der Waals surface area (Å²) in [5.41, 5.74) is 6.74. The third kappa shape index (κ3) is 2.87. The summed E-state index contributed by atoms with van der Waals surface area (Å²) < 4.78 is 5.16. The molecular weight excluding hydrogens is 230 g/mol. The molecule has 0 saturated carbocycles. The molecule has 0 aliphatic carbocycles. The second-order valence-electron chi connectivity index (χ2n) is 3.79. The molecule has 2 aromatic carbocycles. The molecule has 2 rings (SSSR count). The fourth-order valence-electron chi connectivity index (χ4n) is 1.49. The Bertz CT molecular complexity index is 549. The molecule has 2 aromatic rings. The van der Waals surface area contributed by atoms with Crippen molar-refractivity contribution < 1.29 is 14.6 Å². The highest BCUT2D eigenvalue weighted by atomic mass is 16.5. The number of hydrogen-bond acceptors (Lipinski definition) is 4. The van der Waals surface area contributed by atoms with Crippen LogP contribution in [0.15, 0.2) is 48.5 Å². The first-order chi connectivity index (χ1) is 8.69. The van der Waals surface area contributed by atoms with E-state index in [0.29, 0.717) is 17.9 Å². The third-order valence-electron chi connectivity index (χ3n) is 2.45. The topological polar surface area (TPSA) is 72.5 Å². The molecule has 3 N–H and O–H groups in total. The van der Waals surface area contributed by atoms with E-state index in [2.05, 4.69) is 0 Å². The highest BCUT2D eigenvalue weighted by Gasteiger charge is 2.08. The molecule has 0 spiro atoms. The van der Waals surface area contributed by atoms with Gasteiger partial charge in [-0.1, -0.05) is 18.2 Å². The zero-order valence-corrected chi connectivity index (χ0v) is 9.67. The number of phenolic OH excluding ortho intramolecular Hbond substituents is 1. The Balaban J connectivity index is 2.11. The van der Waals surface area contributed by atoms with Crippen LogP contribution in [0, 0.1) is 0 Å². The van der Waals surface area contributed by atoms with Gasteiger partial charge in [0.1, 0.15) is 11.5 Å². The van der Waals surface area contributed by atoms with Crippen LogP contribution in [-0.4, -0.2) is 11.1 Å². The first-order valence-corrected chi connectivity index (χ1v) is 5.49. The Labute approximate surface area is 105 Å². The SMILES string of the molecule is NCc1ccc(OC(=O)c2cccc(O)c2)cc1. The van der Waals surface area contributed by atoms with Crippen molar-refractivity contribution in [3.05, 3.63) is 59.7 Å². The average molecular weight is 243 g/mol. The fourth-order valence-corrected chi connectivity index (χ4v) is 1.49. The van der Waals surface area contributed by atoms with Crippen LogP contribution in [0.2, 0.25) is 0 Å². The summed E-state index contributed by atoms with van der Waals surface area (Å²) in [5.74, 6) is -0.0325. The minimum Gasteiger partial charge on any atom is -0.508 e. The maximum absolute atomic E-state index is 11.8. The summed E-state index contributed by atoms with van der Waals surface area (Å²) in [6.45, 7) is 0.445. The van der Waals surface area contributed by atoms with Crippen molar-refractivity contribution >= 4 is 5.97 Å². The van der Waals surface area contributed by atoms with Crippen LogP contribution in [-0.2, 0) is 6.54 Å². The molecule has 0 saturated heterocycles. The van der Waals surface area contributed by atoms with Gasteiger partial charge in [-0.2, -0.15) is 0 Å². The predicted octanol–water partition coefficient (Wildman–Crippen LogP) is 2.07. The molecule has 0 heterocycles. The normalized spacial score (nSPS) is 10.1. The van der Waals surface area contributed by atoms with Gasteiger partial charge in [0.25, 0.3) is 0 Å². The van der Waals surface area contributed by atoms with Crippen molar-refractivity contribution in [1.82, 2.24) is 0 Å². The van der Waals surface area contributed by atoms with E-state index in [4.69, 9.17) is 10.5 Å². The molecule has 92 valence electrons. The lowest BCUT2D eigenvalue weighted by Crippen LogP contribution is -2.08. The minimum atomic E-state index is -0.508. The molecule has 4 nitrogen and oxygen atoms in total. The predicted molar refractivity (Wildman–Crippen MR) is 67.4 cm³/mol. The van der Waals surface area contributed by atoms with Gasteiger partial charge in [0.15, 0.2) is 0 Å². The number of rotatable bonds is 3. The maximum atomic E-state index is 11.8. The van der Waals surface area contributed by atoms with Crippen LogP contribution < -0.4 is 10.5 Å². The highest BCUT2D eigenvalue weighted by Crippen LogP contribution is 2.16. The van der Waals surface area contributed by atoms with Crippen LogP contribution >= 0.6 is 0 Å². The van der Waals surface area contributed by atoms with Crippen LogP contribution in [0.5, 0.6) is 11.5 Å². The zero-order valence-electron chi connectivity index (χ0n) is 9.67. The molecule has 0 aliphatic heterocycles. The van der Waals surface area contributed by atoms with Crippen molar-refractivity contribution in [3.63, 3.8) is 0 Å². The van der Waals surface area contributed by atoms with Crippen molar-refractivity contribution in [2.24, 2.45) is 5.73 Å². The molecular formula is C14H13NO3. The number of carbonyl (C=O) groups is 1. The molecule has 0 aliphatic rings. The fraction of sp³-hybridized carbons (Fsp3) is 0.0714. The minimum absolute atomic E-state index is 0.0305. The number of hydrogen-bond donors (Lipinski definition) is 2. The summed E-state index contributed by atoms with van der Waals surface area (Å²) >= 11 is 0. The van der Waals surface area contributed by atoms with E-state index in [-0.39, 0.29) is 5.75 Å². The van der Waals surface area contributed by atoms with Crippen molar-refractivity contribution in [2.45, 2.75) is 6.54 Å². The van der Waals surface area contributed by atoms with E-state index in [1.807, 2.05) is 0 Å². The summed E-state index contributed by atoms with van der Waals surface area (Å²) in [6.07, 6.45) is 0. The Morgan fingerprint density at radius 2 is 1.89 bits per heavy atom. The van der Waals surface area contributed by atoms with Gasteiger partial charge < -0.3 is 15.6 Å². The lowest BCUT2D eigenvalue weighted by molar-refractivity contribution is 0.0734. The van der Waals surface area contributed by atoms with E-state index in [1.165, 1.54) is 12.1 Å². The number of nitrogens with two attached hydrogens (primary N) is 1. The molecule has 0 atom stereocenters. The summed E-state index contributed by atoms with van der Waals surface area (Å²) in [7, 11) is 0. The summed E-state index contributed by atoms with van der Waals surface area (Å²) in [5, 5.41) is 9.27. The van der Waals surface area contributed by atoms with E-state index in [0.717, 1.165) is 5.56 Å². The molecule has 0 unspecified atom stereocenters. The molecule has 0 fully saturated rings. The second kappa shape index (κ2) is 5.33. The number of carbonyl (C=O) groups excluding carboxylic acids is 1. The van der Waals surface area contributed by atoms with Crippen molar-refractivity contribution in [2.75, 3.05) is 0 Å². The molecule has 18 heavy (non-hydrogen) atoms. The lowest BCUT2D eigenvalue weighted by Gasteiger charge is -2.05. The standard InChI is InChI=1S/C14H13NO3/c15-9-10-4-6-13(7-5-10)18-14(17)11-2-1-3-12(16)8-11/h1-8,16H,9,15H2. The second-order valence-corrected chi connectivity index (χ2v) is 3.79. The third-order valence-corrected chi connectivity index (χ3v) is 2.45. The quantitative estimate of drug-likeness (QED) is 0.639. The van der Waals surface area contributed by atoms with Gasteiger partial charge in [-0.05, 0) is 35.9 Å². The van der Waals surface area contributed by atoms with Crippen LogP contribution in [0.3, 0.4) is 0 Å². The Morgan fingerprint density at radius 1 is 1.17 bits per heavy atom. The van der Waals surface area contributed by atoms with Gasteiger partial charge in [0.05, 0.1) is 5.56 Å². The van der Waals surface area contributed by atoms with Crippen molar-refractivity contribution in [1.29, 1.82) is 0 Å². The molecule has 0 aromatic heterocycles. The smallest absolute Gasteiger partial charge is 0.343 e. The number of ether oxygens (including phenoxy) is 1. The Morgan fingerprint density at radius 3 is 2.50 bits per heavy atom. The first kappa shape index (κ1) is 12.1. The van der Waals surface area contributed by atoms with E-state index in [9.17, 15) is 9.90 Å². The van der Waals surface area contributed by atoms with Crippen molar-refractivity contribution in [3.8, 4) is 11.5 Å². The average Bonchev–Trinajstić information content (AvgIpc) is 2.39. The van der Waals surface area contributed by atoms with Gasteiger partial charge in [0, 0.05) is 6.54 Å². The number of aromatic hydroxyl groups is 1. The van der Waals surface area contributed by atoms with Crippen LogP contribution in [0.4, 0.5) is 0 Å². The van der Waals surface area contributed by atoms with E-state index < -0.39 is 5.97 Å². The molecule has 0 radical (unpaired) electrons. The van der Waals surface area contributed by atoms with Gasteiger partial charge in [-0.15, -0.1) is 0 Å². The van der Waals surface area contributed by atoms with Gasteiger partial charge in [-0.25, -0.2) is 4.79 Å². The van der Waals surface area contributed by atoms with Gasteiger partial charge in [0.2, 0.25) is 0 Å². The monoisotopic (exact) mass is 243 g/mol. The van der Waals surface area contributed by atoms with Crippen LogP contribution in [0.25, 0.3) is 0 Å². The van der Waals surface area contributed by atoms with E-state index >= 15 is 0 Å². The Hall–Kier alpha value is -2.33. The highest BCUT2D eigenvalue weighted by molar-refractivity contribution is 5.91.